The van der Waals surface area contributed by atoms with Crippen molar-refractivity contribution in [2.75, 3.05) is 17.2 Å². The van der Waals surface area contributed by atoms with E-state index in [0.717, 1.165) is 5.56 Å². The molecular formula is C20H26Cl2N6O. The van der Waals surface area contributed by atoms with Crippen LogP contribution in [-0.4, -0.2) is 37.3 Å². The third-order valence-electron chi connectivity index (χ3n) is 4.68. The Morgan fingerprint density at radius 3 is 2.48 bits per heavy atom. The van der Waals surface area contributed by atoms with Gasteiger partial charge in [0.15, 0.2) is 17.0 Å². The van der Waals surface area contributed by atoms with Gasteiger partial charge in [0.05, 0.1) is 12.6 Å². The van der Waals surface area contributed by atoms with E-state index in [9.17, 15) is 5.11 Å². The third kappa shape index (κ3) is 4.91. The van der Waals surface area contributed by atoms with Crippen molar-refractivity contribution in [1.82, 2.24) is 19.5 Å². The van der Waals surface area contributed by atoms with Crippen molar-refractivity contribution in [3.05, 3.63) is 40.1 Å². The van der Waals surface area contributed by atoms with Gasteiger partial charge < -0.3 is 15.7 Å². The molecule has 0 saturated carbocycles. The van der Waals surface area contributed by atoms with Crippen molar-refractivity contribution in [3.8, 4) is 0 Å². The van der Waals surface area contributed by atoms with E-state index in [0.29, 0.717) is 39.8 Å². The molecule has 0 fully saturated rings. The van der Waals surface area contributed by atoms with E-state index in [1.165, 1.54) is 0 Å². The normalized spacial score (nSPS) is 12.7. The topological polar surface area (TPSA) is 87.9 Å². The van der Waals surface area contributed by atoms with Crippen molar-refractivity contribution in [3.63, 3.8) is 0 Å². The van der Waals surface area contributed by atoms with Crippen LogP contribution in [0.15, 0.2) is 24.3 Å². The van der Waals surface area contributed by atoms with Crippen molar-refractivity contribution >= 4 is 46.1 Å². The number of benzene rings is 1. The molecule has 29 heavy (non-hydrogen) atoms. The molecule has 1 unspecified atom stereocenters. The van der Waals surface area contributed by atoms with Gasteiger partial charge in [-0.3, -0.25) is 4.57 Å². The maximum Gasteiger partial charge on any atom is 0.227 e. The second-order valence-electron chi connectivity index (χ2n) is 7.57. The van der Waals surface area contributed by atoms with Crippen LogP contribution in [0, 0.1) is 5.92 Å². The average molecular weight is 437 g/mol. The highest BCUT2D eigenvalue weighted by Gasteiger charge is 2.20. The minimum Gasteiger partial charge on any atom is -0.394 e. The molecule has 2 aromatic heterocycles. The Labute approximate surface area is 180 Å². The number of anilines is 2. The monoisotopic (exact) mass is 436 g/mol. The summed E-state index contributed by atoms with van der Waals surface area (Å²) in [5.41, 5.74) is 2.25. The van der Waals surface area contributed by atoms with Crippen LogP contribution in [0.4, 0.5) is 11.8 Å². The largest absolute Gasteiger partial charge is 0.394 e. The van der Waals surface area contributed by atoms with Crippen LogP contribution in [0.1, 0.15) is 39.3 Å². The molecule has 0 bridgehead atoms. The lowest BCUT2D eigenvalue weighted by atomic mass is 10.1. The van der Waals surface area contributed by atoms with Gasteiger partial charge in [0.25, 0.3) is 0 Å². The number of hydrogen-bond donors (Lipinski definition) is 3. The van der Waals surface area contributed by atoms with Crippen molar-refractivity contribution < 1.29 is 5.11 Å². The summed E-state index contributed by atoms with van der Waals surface area (Å²) >= 11 is 12.5. The van der Waals surface area contributed by atoms with Crippen LogP contribution in [0.3, 0.4) is 0 Å². The highest BCUT2D eigenvalue weighted by atomic mass is 35.5. The summed E-state index contributed by atoms with van der Waals surface area (Å²) < 4.78 is 1.86. The standard InChI is InChI=1S/C20H26Cl2N6O/c1-11(2)15(10-29)24-20-26-17(23-9-13-6-5-7-14(21)8-13)16-18(27-20)28(12(3)4)19(22)25-16/h5-8,11-12,15,29H,9-10H2,1-4H3,(H2,23,24,26,27). The summed E-state index contributed by atoms with van der Waals surface area (Å²) in [5, 5.41) is 17.3. The number of fused-ring (bicyclic) bond motifs is 1. The number of hydrogen-bond acceptors (Lipinski definition) is 6. The van der Waals surface area contributed by atoms with Gasteiger partial charge in [0, 0.05) is 17.6 Å². The van der Waals surface area contributed by atoms with Crippen molar-refractivity contribution in [1.29, 1.82) is 0 Å². The Morgan fingerprint density at radius 1 is 1.10 bits per heavy atom. The number of aromatic nitrogens is 4. The van der Waals surface area contributed by atoms with Crippen LogP contribution >= 0.6 is 23.2 Å². The lowest BCUT2D eigenvalue weighted by Crippen LogP contribution is -2.30. The molecule has 9 heteroatoms. The van der Waals surface area contributed by atoms with Crippen molar-refractivity contribution in [2.24, 2.45) is 5.92 Å². The molecule has 1 aromatic carbocycles. The zero-order valence-corrected chi connectivity index (χ0v) is 18.5. The van der Waals surface area contributed by atoms with Gasteiger partial charge in [0.1, 0.15) is 0 Å². The lowest BCUT2D eigenvalue weighted by molar-refractivity contribution is 0.248. The molecule has 0 aliphatic carbocycles. The first kappa shape index (κ1) is 21.6. The number of aliphatic hydroxyl groups is 1. The second-order valence-corrected chi connectivity index (χ2v) is 8.35. The van der Waals surface area contributed by atoms with Crippen LogP contribution in [0.5, 0.6) is 0 Å². The predicted molar refractivity (Wildman–Crippen MR) is 119 cm³/mol. The summed E-state index contributed by atoms with van der Waals surface area (Å²) in [6, 6.07) is 7.53. The molecule has 3 rings (SSSR count). The van der Waals surface area contributed by atoms with Crippen LogP contribution < -0.4 is 10.6 Å². The number of aliphatic hydroxyl groups excluding tert-OH is 1. The average Bonchev–Trinajstić information content (AvgIpc) is 3.00. The Hall–Kier alpha value is -2.09. The number of nitrogens with zero attached hydrogens (tertiary/aromatic N) is 4. The van der Waals surface area contributed by atoms with Gasteiger partial charge >= 0.3 is 0 Å². The molecule has 0 spiro atoms. The first-order valence-electron chi connectivity index (χ1n) is 9.61. The van der Waals surface area contributed by atoms with E-state index < -0.39 is 0 Å². The summed E-state index contributed by atoms with van der Waals surface area (Å²) in [5.74, 6) is 1.19. The molecule has 156 valence electrons. The van der Waals surface area contributed by atoms with E-state index in [4.69, 9.17) is 23.2 Å². The number of halogens is 2. The molecule has 0 amide bonds. The quantitative estimate of drug-likeness (QED) is 0.441. The zero-order valence-electron chi connectivity index (χ0n) is 16.9. The molecule has 0 aliphatic heterocycles. The fraction of sp³-hybridized carbons (Fsp3) is 0.450. The molecular weight excluding hydrogens is 411 g/mol. The number of imidazole rings is 1. The molecule has 7 nitrogen and oxygen atoms in total. The molecule has 3 aromatic rings. The SMILES string of the molecule is CC(C)C(CO)Nc1nc(NCc2cccc(Cl)c2)c2nc(Cl)n(C(C)C)c2n1. The molecule has 1 atom stereocenters. The Morgan fingerprint density at radius 2 is 1.86 bits per heavy atom. The predicted octanol–water partition coefficient (Wildman–Crippen LogP) is 4.75. The Kier molecular flexibility index (Phi) is 6.82. The van der Waals surface area contributed by atoms with Gasteiger partial charge in [-0.1, -0.05) is 37.6 Å². The fourth-order valence-corrected chi connectivity index (χ4v) is 3.59. The minimum atomic E-state index is -0.167. The molecule has 0 radical (unpaired) electrons. The van der Waals surface area contributed by atoms with E-state index >= 15 is 0 Å². The van der Waals surface area contributed by atoms with Gasteiger partial charge in [-0.25, -0.2) is 4.98 Å². The van der Waals surface area contributed by atoms with Crippen LogP contribution in [-0.2, 0) is 6.54 Å². The van der Waals surface area contributed by atoms with Crippen molar-refractivity contribution in [2.45, 2.75) is 46.3 Å². The number of rotatable bonds is 8. The Balaban J connectivity index is 2.02. The van der Waals surface area contributed by atoms with Gasteiger partial charge in [-0.2, -0.15) is 9.97 Å². The van der Waals surface area contributed by atoms with Gasteiger partial charge in [0.2, 0.25) is 11.2 Å². The smallest absolute Gasteiger partial charge is 0.227 e. The second kappa shape index (κ2) is 9.15. The molecule has 0 saturated heterocycles. The lowest BCUT2D eigenvalue weighted by Gasteiger charge is -2.20. The highest BCUT2D eigenvalue weighted by molar-refractivity contribution is 6.30. The van der Waals surface area contributed by atoms with E-state index in [1.807, 2.05) is 56.5 Å². The first-order chi connectivity index (χ1) is 13.8. The third-order valence-corrected chi connectivity index (χ3v) is 5.18. The maximum atomic E-state index is 9.68. The fourth-order valence-electron chi connectivity index (χ4n) is 3.01. The van der Waals surface area contributed by atoms with Gasteiger partial charge in [-0.05, 0) is 49.1 Å². The van der Waals surface area contributed by atoms with Crippen LogP contribution in [0.25, 0.3) is 11.2 Å². The summed E-state index contributed by atoms with van der Waals surface area (Å²) in [7, 11) is 0. The summed E-state index contributed by atoms with van der Waals surface area (Å²) in [6.07, 6.45) is 0. The van der Waals surface area contributed by atoms with E-state index in [-0.39, 0.29) is 24.6 Å². The first-order valence-corrected chi connectivity index (χ1v) is 10.4. The highest BCUT2D eigenvalue weighted by Crippen LogP contribution is 2.29. The summed E-state index contributed by atoms with van der Waals surface area (Å²) in [6.45, 7) is 8.60. The minimum absolute atomic E-state index is 0.0193. The Bertz CT molecular complexity index is 989. The van der Waals surface area contributed by atoms with Gasteiger partial charge in [-0.15, -0.1) is 0 Å². The molecule has 3 N–H and O–H groups in total. The number of nitrogens with one attached hydrogen (secondary N) is 2. The zero-order chi connectivity index (χ0) is 21.1. The molecule has 2 heterocycles. The van der Waals surface area contributed by atoms with E-state index in [1.54, 1.807) is 0 Å². The van der Waals surface area contributed by atoms with Crippen LogP contribution in [0.2, 0.25) is 10.3 Å². The molecule has 0 aliphatic rings. The maximum absolute atomic E-state index is 9.68. The summed E-state index contributed by atoms with van der Waals surface area (Å²) in [4.78, 5) is 13.7. The van der Waals surface area contributed by atoms with E-state index in [2.05, 4.69) is 25.6 Å².